The molecule has 0 saturated carbocycles. The number of halogens is 3. The summed E-state index contributed by atoms with van der Waals surface area (Å²) in [4.78, 5) is 33.9. The maximum absolute atomic E-state index is 13.6. The zero-order valence-electron chi connectivity index (χ0n) is 11.6. The molecule has 0 atom stereocenters. The highest BCUT2D eigenvalue weighted by molar-refractivity contribution is 6.06. The molecule has 0 aliphatic rings. The molecular weight excluding hydrogens is 331 g/mol. The van der Waals surface area contributed by atoms with Gasteiger partial charge in [-0.1, -0.05) is 0 Å². The molecule has 0 saturated heterocycles. The topological polar surface area (TPSA) is 104 Å². The van der Waals surface area contributed by atoms with E-state index < -0.39 is 52.0 Å². The van der Waals surface area contributed by atoms with Crippen molar-refractivity contribution < 1.29 is 37.8 Å². The average Bonchev–Trinajstić information content (AvgIpc) is 2.52. The van der Waals surface area contributed by atoms with Crippen LogP contribution in [0.25, 0.3) is 0 Å². The second-order valence-electron chi connectivity index (χ2n) is 4.59. The van der Waals surface area contributed by atoms with Gasteiger partial charge in [-0.15, -0.1) is 0 Å². The molecule has 24 heavy (non-hydrogen) atoms. The van der Waals surface area contributed by atoms with E-state index in [2.05, 4.69) is 0 Å². The first kappa shape index (κ1) is 17.0. The quantitative estimate of drug-likeness (QED) is 0.743. The van der Waals surface area contributed by atoms with Crippen LogP contribution in [0, 0.1) is 17.5 Å². The van der Waals surface area contributed by atoms with Crippen LogP contribution < -0.4 is 5.32 Å². The molecule has 9 heteroatoms. The standard InChI is InChI=1S/C15H8F3NO5/c16-10-2-1-9(11(17)12(10)18)13(20)19-8-4-6(14(21)22)3-7(5-8)15(23)24/h1-5H,(H,19,20)(H,21,22)(H,23,24). The maximum Gasteiger partial charge on any atom is 0.335 e. The molecule has 0 spiro atoms. The van der Waals surface area contributed by atoms with Crippen molar-refractivity contribution in [3.8, 4) is 0 Å². The summed E-state index contributed by atoms with van der Waals surface area (Å²) in [7, 11) is 0. The molecule has 124 valence electrons. The predicted octanol–water partition coefficient (Wildman–Crippen LogP) is 2.75. The van der Waals surface area contributed by atoms with Crippen molar-refractivity contribution in [2.75, 3.05) is 5.32 Å². The Labute approximate surface area is 132 Å². The highest BCUT2D eigenvalue weighted by atomic mass is 19.2. The molecule has 2 aromatic rings. The summed E-state index contributed by atoms with van der Waals surface area (Å²) in [5.74, 6) is -9.15. The molecule has 3 N–H and O–H groups in total. The van der Waals surface area contributed by atoms with Crippen molar-refractivity contribution in [1.82, 2.24) is 0 Å². The number of carboxylic acid groups (broad SMARTS) is 2. The molecule has 0 aliphatic carbocycles. The number of aromatic carboxylic acids is 2. The number of amides is 1. The third-order valence-corrected chi connectivity index (χ3v) is 2.96. The molecule has 1 amide bonds. The van der Waals surface area contributed by atoms with E-state index in [1.54, 1.807) is 0 Å². The molecule has 0 unspecified atom stereocenters. The van der Waals surface area contributed by atoms with Gasteiger partial charge in [-0.2, -0.15) is 0 Å². The summed E-state index contributed by atoms with van der Waals surface area (Å²) < 4.78 is 39.6. The minimum absolute atomic E-state index is 0.263. The molecule has 0 aromatic heterocycles. The number of carbonyl (C=O) groups excluding carboxylic acids is 1. The summed E-state index contributed by atoms with van der Waals surface area (Å²) in [6, 6.07) is 3.97. The lowest BCUT2D eigenvalue weighted by atomic mass is 10.1. The third kappa shape index (κ3) is 3.35. The summed E-state index contributed by atoms with van der Waals surface area (Å²) in [6.45, 7) is 0. The Morgan fingerprint density at radius 1 is 0.833 bits per heavy atom. The number of rotatable bonds is 4. The summed E-state index contributed by atoms with van der Waals surface area (Å²) in [5, 5.41) is 19.9. The van der Waals surface area contributed by atoms with Crippen LogP contribution in [0.4, 0.5) is 18.9 Å². The predicted molar refractivity (Wildman–Crippen MR) is 74.6 cm³/mol. The van der Waals surface area contributed by atoms with Crippen LogP contribution >= 0.6 is 0 Å². The fourth-order valence-corrected chi connectivity index (χ4v) is 1.85. The summed E-state index contributed by atoms with van der Waals surface area (Å²) in [5.41, 5.74) is -1.96. The number of hydrogen-bond acceptors (Lipinski definition) is 3. The van der Waals surface area contributed by atoms with Crippen molar-refractivity contribution in [3.63, 3.8) is 0 Å². The van der Waals surface area contributed by atoms with Crippen molar-refractivity contribution in [2.24, 2.45) is 0 Å². The van der Waals surface area contributed by atoms with Crippen LogP contribution in [0.1, 0.15) is 31.1 Å². The second-order valence-corrected chi connectivity index (χ2v) is 4.59. The minimum atomic E-state index is -1.84. The first-order valence-corrected chi connectivity index (χ1v) is 6.27. The Bertz CT molecular complexity index is 834. The summed E-state index contributed by atoms with van der Waals surface area (Å²) >= 11 is 0. The molecular formula is C15H8F3NO5. The zero-order chi connectivity index (χ0) is 18.0. The van der Waals surface area contributed by atoms with E-state index >= 15 is 0 Å². The van der Waals surface area contributed by atoms with Gasteiger partial charge in [0.05, 0.1) is 16.7 Å². The number of carboxylic acids is 2. The fourth-order valence-electron chi connectivity index (χ4n) is 1.85. The molecule has 6 nitrogen and oxygen atoms in total. The van der Waals surface area contributed by atoms with Crippen molar-refractivity contribution in [1.29, 1.82) is 0 Å². The highest BCUT2D eigenvalue weighted by Gasteiger charge is 2.20. The molecule has 0 bridgehead atoms. The Hall–Kier alpha value is -3.36. The van der Waals surface area contributed by atoms with Gasteiger partial charge < -0.3 is 15.5 Å². The minimum Gasteiger partial charge on any atom is -0.478 e. The van der Waals surface area contributed by atoms with E-state index in [0.29, 0.717) is 12.1 Å². The van der Waals surface area contributed by atoms with Gasteiger partial charge in [0.2, 0.25) is 0 Å². The lowest BCUT2D eigenvalue weighted by Crippen LogP contribution is -2.16. The van der Waals surface area contributed by atoms with E-state index in [-0.39, 0.29) is 5.69 Å². The number of anilines is 1. The Morgan fingerprint density at radius 2 is 1.38 bits per heavy atom. The lowest BCUT2D eigenvalue weighted by Gasteiger charge is -2.09. The number of carbonyl (C=O) groups is 3. The van der Waals surface area contributed by atoms with Gasteiger partial charge in [0.15, 0.2) is 17.5 Å². The smallest absolute Gasteiger partial charge is 0.335 e. The molecule has 0 heterocycles. The van der Waals surface area contributed by atoms with Crippen LogP contribution in [0.15, 0.2) is 30.3 Å². The average molecular weight is 339 g/mol. The van der Waals surface area contributed by atoms with Gasteiger partial charge in [0.1, 0.15) is 0 Å². The Balaban J connectivity index is 2.40. The number of nitrogens with one attached hydrogen (secondary N) is 1. The normalized spacial score (nSPS) is 10.3. The molecule has 0 aliphatic heterocycles. The molecule has 0 radical (unpaired) electrons. The van der Waals surface area contributed by atoms with E-state index in [4.69, 9.17) is 10.2 Å². The van der Waals surface area contributed by atoms with Crippen LogP contribution in [-0.2, 0) is 0 Å². The van der Waals surface area contributed by atoms with E-state index in [1.807, 2.05) is 5.32 Å². The third-order valence-electron chi connectivity index (χ3n) is 2.96. The van der Waals surface area contributed by atoms with Crippen LogP contribution in [0.2, 0.25) is 0 Å². The largest absolute Gasteiger partial charge is 0.478 e. The molecule has 2 rings (SSSR count). The van der Waals surface area contributed by atoms with Gasteiger partial charge >= 0.3 is 11.9 Å². The Kier molecular flexibility index (Phi) is 4.54. The van der Waals surface area contributed by atoms with Gasteiger partial charge in [-0.3, -0.25) is 4.79 Å². The highest BCUT2D eigenvalue weighted by Crippen LogP contribution is 2.19. The van der Waals surface area contributed by atoms with E-state index in [0.717, 1.165) is 18.2 Å². The van der Waals surface area contributed by atoms with Crippen molar-refractivity contribution in [2.45, 2.75) is 0 Å². The van der Waals surface area contributed by atoms with Gasteiger partial charge in [0.25, 0.3) is 5.91 Å². The molecule has 0 fully saturated rings. The Morgan fingerprint density at radius 3 is 1.88 bits per heavy atom. The summed E-state index contributed by atoms with van der Waals surface area (Å²) in [6.07, 6.45) is 0. The lowest BCUT2D eigenvalue weighted by molar-refractivity contribution is 0.0696. The monoisotopic (exact) mass is 339 g/mol. The van der Waals surface area contributed by atoms with E-state index in [1.165, 1.54) is 0 Å². The SMILES string of the molecule is O=C(O)c1cc(NC(=O)c2ccc(F)c(F)c2F)cc(C(=O)O)c1. The van der Waals surface area contributed by atoms with E-state index in [9.17, 15) is 27.6 Å². The van der Waals surface area contributed by atoms with Gasteiger partial charge in [-0.25, -0.2) is 22.8 Å². The van der Waals surface area contributed by atoms with Gasteiger partial charge in [0, 0.05) is 5.69 Å². The van der Waals surface area contributed by atoms with Crippen LogP contribution in [0.5, 0.6) is 0 Å². The zero-order valence-corrected chi connectivity index (χ0v) is 11.6. The van der Waals surface area contributed by atoms with Crippen LogP contribution in [0.3, 0.4) is 0 Å². The van der Waals surface area contributed by atoms with Crippen molar-refractivity contribution in [3.05, 3.63) is 64.5 Å². The second kappa shape index (κ2) is 6.41. The maximum atomic E-state index is 13.6. The van der Waals surface area contributed by atoms with Crippen LogP contribution in [-0.4, -0.2) is 28.1 Å². The fraction of sp³-hybridized carbons (Fsp3) is 0. The number of benzene rings is 2. The first-order valence-electron chi connectivity index (χ1n) is 6.27. The van der Waals surface area contributed by atoms with Crippen molar-refractivity contribution >= 4 is 23.5 Å². The van der Waals surface area contributed by atoms with Gasteiger partial charge in [-0.05, 0) is 30.3 Å². The first-order chi connectivity index (χ1) is 11.2. The molecule has 2 aromatic carbocycles. The number of hydrogen-bond donors (Lipinski definition) is 3.